The fourth-order valence-corrected chi connectivity index (χ4v) is 1.30. The molecule has 4 amide bonds. The second-order valence-corrected chi connectivity index (χ2v) is 3.70. The maximum absolute atomic E-state index is 12.0. The maximum Gasteiger partial charge on any atom is 0.332 e. The van der Waals surface area contributed by atoms with Crippen LogP contribution in [-0.4, -0.2) is 43.9 Å². The van der Waals surface area contributed by atoms with E-state index < -0.39 is 12.1 Å². The van der Waals surface area contributed by atoms with Crippen molar-refractivity contribution in [1.29, 1.82) is 0 Å². The summed E-state index contributed by atoms with van der Waals surface area (Å²) in [6, 6.07) is 7.39. The summed E-state index contributed by atoms with van der Waals surface area (Å²) in [4.78, 5) is 36.3. The van der Waals surface area contributed by atoms with E-state index >= 15 is 0 Å². The zero-order valence-electron chi connectivity index (χ0n) is 10.3. The van der Waals surface area contributed by atoms with Gasteiger partial charge in [0.05, 0.1) is 12.2 Å². The summed E-state index contributed by atoms with van der Waals surface area (Å²) in [6.07, 6.45) is 0.557. The van der Waals surface area contributed by atoms with E-state index in [-0.39, 0.29) is 6.54 Å². The van der Waals surface area contributed by atoms with Gasteiger partial charge in [0.15, 0.2) is 0 Å². The van der Waals surface area contributed by atoms with Gasteiger partial charge in [-0.1, -0.05) is 18.2 Å². The summed E-state index contributed by atoms with van der Waals surface area (Å²) >= 11 is 0. The number of para-hydroxylation sites is 1. The van der Waals surface area contributed by atoms with Crippen LogP contribution < -0.4 is 10.2 Å². The van der Waals surface area contributed by atoms with Crippen molar-refractivity contribution in [2.24, 2.45) is 0 Å². The number of nitrogens with one attached hydrogen (secondary N) is 1. The monoisotopic (exact) mass is 249 g/mol. The Morgan fingerprint density at radius 3 is 2.33 bits per heavy atom. The number of amides is 4. The molecule has 1 rings (SSSR count). The number of nitrogens with zero attached hydrogens (tertiary/aromatic N) is 2. The van der Waals surface area contributed by atoms with Crippen molar-refractivity contribution in [1.82, 2.24) is 10.2 Å². The molecule has 0 saturated heterocycles. The predicted octanol–water partition coefficient (Wildman–Crippen LogP) is 1.08. The lowest BCUT2D eigenvalue weighted by atomic mass is 10.3. The first-order valence-corrected chi connectivity index (χ1v) is 5.36. The number of urea groups is 2. The van der Waals surface area contributed by atoms with E-state index in [0.717, 1.165) is 4.90 Å². The zero-order valence-corrected chi connectivity index (χ0v) is 10.3. The smallest absolute Gasteiger partial charge is 0.330 e. The Bertz CT molecular complexity index is 431. The van der Waals surface area contributed by atoms with Crippen LogP contribution in [0.4, 0.5) is 15.3 Å². The molecule has 0 unspecified atom stereocenters. The molecule has 6 nitrogen and oxygen atoms in total. The molecule has 1 aromatic rings. The lowest BCUT2D eigenvalue weighted by Gasteiger charge is -2.24. The summed E-state index contributed by atoms with van der Waals surface area (Å²) < 4.78 is 0. The normalized spacial score (nSPS) is 9.44. The first-order chi connectivity index (χ1) is 8.57. The van der Waals surface area contributed by atoms with Crippen molar-refractivity contribution in [3.8, 4) is 0 Å². The SMILES string of the molecule is CN(C)C(=O)N(C(=O)NCC=O)c1ccccc1. The molecule has 0 bridgehead atoms. The van der Waals surface area contributed by atoms with E-state index in [2.05, 4.69) is 5.32 Å². The Labute approximate surface area is 105 Å². The minimum Gasteiger partial charge on any atom is -0.330 e. The van der Waals surface area contributed by atoms with Crippen LogP contribution in [0, 0.1) is 0 Å². The third kappa shape index (κ3) is 3.31. The highest BCUT2D eigenvalue weighted by atomic mass is 16.2. The van der Waals surface area contributed by atoms with Crippen LogP contribution in [0.3, 0.4) is 0 Å². The molecule has 0 saturated carbocycles. The van der Waals surface area contributed by atoms with Crippen molar-refractivity contribution in [2.75, 3.05) is 25.5 Å². The number of aldehydes is 1. The van der Waals surface area contributed by atoms with Crippen molar-refractivity contribution < 1.29 is 14.4 Å². The third-order valence-electron chi connectivity index (χ3n) is 2.13. The number of carbonyl (C=O) groups excluding carboxylic acids is 3. The number of benzene rings is 1. The number of anilines is 1. The second-order valence-electron chi connectivity index (χ2n) is 3.70. The summed E-state index contributed by atoms with van der Waals surface area (Å²) in [6.45, 7) is -0.136. The quantitative estimate of drug-likeness (QED) is 0.815. The van der Waals surface area contributed by atoms with E-state index in [0.29, 0.717) is 12.0 Å². The fourth-order valence-electron chi connectivity index (χ4n) is 1.30. The highest BCUT2D eigenvalue weighted by molar-refractivity contribution is 6.13. The molecule has 0 aliphatic heterocycles. The van der Waals surface area contributed by atoms with Gasteiger partial charge in [0.25, 0.3) is 0 Å². The van der Waals surface area contributed by atoms with Gasteiger partial charge in [-0.15, -0.1) is 0 Å². The summed E-state index contributed by atoms with van der Waals surface area (Å²) in [7, 11) is 3.09. The van der Waals surface area contributed by atoms with Gasteiger partial charge in [-0.25, -0.2) is 14.5 Å². The molecule has 0 aromatic heterocycles. The minimum absolute atomic E-state index is 0.136. The van der Waals surface area contributed by atoms with Gasteiger partial charge in [0.2, 0.25) is 0 Å². The zero-order chi connectivity index (χ0) is 13.5. The molecule has 1 aromatic carbocycles. The average Bonchev–Trinajstić information content (AvgIpc) is 2.37. The molecular weight excluding hydrogens is 234 g/mol. The van der Waals surface area contributed by atoms with E-state index in [9.17, 15) is 14.4 Å². The maximum atomic E-state index is 12.0. The van der Waals surface area contributed by atoms with Gasteiger partial charge in [0.1, 0.15) is 6.29 Å². The van der Waals surface area contributed by atoms with Crippen LogP contribution >= 0.6 is 0 Å². The third-order valence-corrected chi connectivity index (χ3v) is 2.13. The molecule has 0 atom stereocenters. The van der Waals surface area contributed by atoms with E-state index in [1.165, 1.54) is 4.90 Å². The minimum atomic E-state index is -0.632. The molecule has 0 radical (unpaired) electrons. The number of hydrogen-bond acceptors (Lipinski definition) is 3. The largest absolute Gasteiger partial charge is 0.332 e. The molecule has 0 aliphatic rings. The van der Waals surface area contributed by atoms with Crippen LogP contribution in [0.15, 0.2) is 30.3 Å². The van der Waals surface area contributed by atoms with Crippen LogP contribution in [0.2, 0.25) is 0 Å². The number of imide groups is 1. The van der Waals surface area contributed by atoms with Crippen LogP contribution in [0.5, 0.6) is 0 Å². The van der Waals surface area contributed by atoms with Gasteiger partial charge in [-0.05, 0) is 12.1 Å². The first kappa shape index (κ1) is 13.7. The molecule has 96 valence electrons. The Morgan fingerprint density at radius 2 is 1.83 bits per heavy atom. The fraction of sp³-hybridized carbons (Fsp3) is 0.250. The molecule has 1 N–H and O–H groups in total. The van der Waals surface area contributed by atoms with Gasteiger partial charge in [-0.2, -0.15) is 0 Å². The molecule has 0 heterocycles. The van der Waals surface area contributed by atoms with Crippen LogP contribution in [-0.2, 0) is 4.79 Å². The Hall–Kier alpha value is -2.37. The Kier molecular flexibility index (Phi) is 4.86. The molecule has 18 heavy (non-hydrogen) atoms. The number of carbonyl (C=O) groups is 3. The van der Waals surface area contributed by atoms with Crippen molar-refractivity contribution in [3.05, 3.63) is 30.3 Å². The number of hydrogen-bond donors (Lipinski definition) is 1. The molecule has 0 spiro atoms. The first-order valence-electron chi connectivity index (χ1n) is 5.36. The van der Waals surface area contributed by atoms with Crippen molar-refractivity contribution in [3.63, 3.8) is 0 Å². The lowest BCUT2D eigenvalue weighted by Crippen LogP contribution is -2.48. The second kappa shape index (κ2) is 6.39. The van der Waals surface area contributed by atoms with Gasteiger partial charge in [0, 0.05) is 14.1 Å². The van der Waals surface area contributed by atoms with Gasteiger partial charge < -0.3 is 15.0 Å². The highest BCUT2D eigenvalue weighted by Crippen LogP contribution is 2.14. The number of rotatable bonds is 3. The lowest BCUT2D eigenvalue weighted by molar-refractivity contribution is -0.107. The van der Waals surface area contributed by atoms with E-state index in [1.54, 1.807) is 44.4 Å². The van der Waals surface area contributed by atoms with Crippen molar-refractivity contribution >= 4 is 24.0 Å². The Morgan fingerprint density at radius 1 is 1.22 bits per heavy atom. The van der Waals surface area contributed by atoms with Gasteiger partial charge in [-0.3, -0.25) is 0 Å². The van der Waals surface area contributed by atoms with Crippen LogP contribution in [0.1, 0.15) is 0 Å². The Balaban J connectivity index is 2.99. The molecule has 0 fully saturated rings. The standard InChI is InChI=1S/C12H15N3O3/c1-14(2)12(18)15(11(17)13-8-9-16)10-6-4-3-5-7-10/h3-7,9H,8H2,1-2H3,(H,13,17). The highest BCUT2D eigenvalue weighted by Gasteiger charge is 2.24. The molecule has 6 heteroatoms. The molecule has 0 aliphatic carbocycles. The van der Waals surface area contributed by atoms with E-state index in [1.807, 2.05) is 0 Å². The summed E-state index contributed by atoms with van der Waals surface area (Å²) in [5, 5.41) is 2.34. The summed E-state index contributed by atoms with van der Waals surface area (Å²) in [5.74, 6) is 0. The van der Waals surface area contributed by atoms with Crippen molar-refractivity contribution in [2.45, 2.75) is 0 Å². The summed E-state index contributed by atoms with van der Waals surface area (Å²) in [5.41, 5.74) is 0.444. The average molecular weight is 249 g/mol. The van der Waals surface area contributed by atoms with E-state index in [4.69, 9.17) is 0 Å². The topological polar surface area (TPSA) is 69.7 Å². The van der Waals surface area contributed by atoms with Crippen LogP contribution in [0.25, 0.3) is 0 Å². The molecular formula is C12H15N3O3. The van der Waals surface area contributed by atoms with Gasteiger partial charge >= 0.3 is 12.1 Å². The predicted molar refractivity (Wildman–Crippen MR) is 67.5 cm³/mol.